The molecule has 1 aromatic carbocycles. The third-order valence-electron chi connectivity index (χ3n) is 4.65. The van der Waals surface area contributed by atoms with Crippen molar-refractivity contribution in [3.8, 4) is 0 Å². The lowest BCUT2D eigenvalue weighted by Gasteiger charge is -2.19. The first-order valence-electron chi connectivity index (χ1n) is 9.49. The lowest BCUT2D eigenvalue weighted by molar-refractivity contribution is 0.0544. The van der Waals surface area contributed by atoms with Gasteiger partial charge in [0, 0.05) is 35.3 Å². The van der Waals surface area contributed by atoms with Gasteiger partial charge in [-0.25, -0.2) is 4.79 Å². The van der Waals surface area contributed by atoms with Gasteiger partial charge in [0.25, 0.3) is 0 Å². The minimum Gasteiger partial charge on any atom is -0.443 e. The van der Waals surface area contributed by atoms with Crippen LogP contribution in [0.3, 0.4) is 0 Å². The summed E-state index contributed by atoms with van der Waals surface area (Å²) in [6, 6.07) is 11.0. The molecule has 1 aliphatic rings. The van der Waals surface area contributed by atoms with E-state index in [1.54, 1.807) is 24.2 Å². The molecule has 4 rings (SSSR count). The van der Waals surface area contributed by atoms with E-state index in [2.05, 4.69) is 10.3 Å². The number of rotatable bonds is 3. The second-order valence-electron chi connectivity index (χ2n) is 7.99. The highest BCUT2D eigenvalue weighted by atomic mass is 32.2. The summed E-state index contributed by atoms with van der Waals surface area (Å²) in [4.78, 5) is 30.1. The average molecular weight is 410 g/mol. The number of benzene rings is 1. The van der Waals surface area contributed by atoms with Gasteiger partial charge in [0.15, 0.2) is 5.78 Å². The Balaban J connectivity index is 1.62. The Labute approximate surface area is 173 Å². The third kappa shape index (κ3) is 4.06. The van der Waals surface area contributed by atoms with Crippen molar-refractivity contribution >= 4 is 34.5 Å². The predicted octanol–water partition coefficient (Wildman–Crippen LogP) is 4.41. The number of carbonyl (C=O) groups excluding carboxylic acids is 2. The summed E-state index contributed by atoms with van der Waals surface area (Å²) in [6.07, 6.45) is 4.66. The van der Waals surface area contributed by atoms with Crippen molar-refractivity contribution in [1.29, 1.82) is 0 Å². The summed E-state index contributed by atoms with van der Waals surface area (Å²) >= 11 is 1.68. The zero-order valence-electron chi connectivity index (χ0n) is 16.6. The van der Waals surface area contributed by atoms with E-state index in [9.17, 15) is 9.59 Å². The molecule has 2 aromatic heterocycles. The largest absolute Gasteiger partial charge is 0.443 e. The zero-order valence-corrected chi connectivity index (χ0v) is 17.4. The number of carbonyl (C=O) groups is 2. The standard InChI is InChI=1S/C22H23N3O3S/c1-22(2,3)28-21(27)25-12-16(15-8-4-5-9-18(15)25)19(26)17-13-29-20(24-17)14-7-6-10-23-11-14/h4-12,17,20,24H,13H2,1-3H3/t17-,20?/m0/s1. The molecule has 1 saturated heterocycles. The molecule has 1 aliphatic heterocycles. The highest BCUT2D eigenvalue weighted by molar-refractivity contribution is 7.99. The predicted molar refractivity (Wildman–Crippen MR) is 114 cm³/mol. The molecular weight excluding hydrogens is 386 g/mol. The number of nitrogens with zero attached hydrogens (tertiary/aromatic N) is 2. The van der Waals surface area contributed by atoms with Gasteiger partial charge in [-0.1, -0.05) is 24.3 Å². The molecule has 150 valence electrons. The Bertz CT molecular complexity index is 1060. The number of hydrogen-bond donors (Lipinski definition) is 1. The number of ether oxygens (including phenoxy) is 1. The van der Waals surface area contributed by atoms with Crippen LogP contribution in [0.15, 0.2) is 55.0 Å². The Morgan fingerprint density at radius 1 is 1.21 bits per heavy atom. The quantitative estimate of drug-likeness (QED) is 0.646. The first kappa shape index (κ1) is 19.7. The average Bonchev–Trinajstić information content (AvgIpc) is 3.32. The van der Waals surface area contributed by atoms with Crippen LogP contribution in [0.2, 0.25) is 0 Å². The highest BCUT2D eigenvalue weighted by Gasteiger charge is 2.33. The Morgan fingerprint density at radius 2 is 2.00 bits per heavy atom. The van der Waals surface area contributed by atoms with Crippen LogP contribution in [0.1, 0.15) is 42.1 Å². The van der Waals surface area contributed by atoms with Crippen LogP contribution in [0.4, 0.5) is 4.79 Å². The molecule has 0 radical (unpaired) electrons. The SMILES string of the molecule is CC(C)(C)OC(=O)n1cc(C(=O)[C@@H]2CSC(c3cccnc3)N2)c2ccccc21. The van der Waals surface area contributed by atoms with Crippen LogP contribution in [-0.4, -0.2) is 38.8 Å². The fourth-order valence-electron chi connectivity index (χ4n) is 3.37. The second kappa shape index (κ2) is 7.65. The molecule has 3 aromatic rings. The normalized spacial score (nSPS) is 19.4. The number of para-hydroxylation sites is 1. The summed E-state index contributed by atoms with van der Waals surface area (Å²) in [5, 5.41) is 4.17. The van der Waals surface area contributed by atoms with Crippen LogP contribution in [0.5, 0.6) is 0 Å². The van der Waals surface area contributed by atoms with E-state index < -0.39 is 11.7 Å². The molecule has 29 heavy (non-hydrogen) atoms. The molecular formula is C22H23N3O3S. The number of hydrogen-bond acceptors (Lipinski definition) is 6. The van der Waals surface area contributed by atoms with Crippen molar-refractivity contribution in [1.82, 2.24) is 14.9 Å². The van der Waals surface area contributed by atoms with Gasteiger partial charge >= 0.3 is 6.09 Å². The molecule has 0 amide bonds. The van der Waals surface area contributed by atoms with Crippen molar-refractivity contribution in [3.05, 3.63) is 66.1 Å². The summed E-state index contributed by atoms with van der Waals surface area (Å²) < 4.78 is 6.94. The Kier molecular flexibility index (Phi) is 5.19. The lowest BCUT2D eigenvalue weighted by atomic mass is 10.0. The molecule has 3 heterocycles. The highest BCUT2D eigenvalue weighted by Crippen LogP contribution is 2.34. The van der Waals surface area contributed by atoms with Gasteiger partial charge in [0.2, 0.25) is 0 Å². The van der Waals surface area contributed by atoms with Crippen LogP contribution in [0, 0.1) is 0 Å². The number of thioether (sulfide) groups is 1. The van der Waals surface area contributed by atoms with Gasteiger partial charge in [0.05, 0.1) is 16.9 Å². The van der Waals surface area contributed by atoms with Crippen LogP contribution in [-0.2, 0) is 4.74 Å². The number of fused-ring (bicyclic) bond motifs is 1. The van der Waals surface area contributed by atoms with E-state index in [0.29, 0.717) is 16.8 Å². The van der Waals surface area contributed by atoms with Crippen molar-refractivity contribution in [2.75, 3.05) is 5.75 Å². The smallest absolute Gasteiger partial charge is 0.419 e. The minimum atomic E-state index is -0.618. The molecule has 2 atom stereocenters. The first-order valence-corrected chi connectivity index (χ1v) is 10.5. The van der Waals surface area contributed by atoms with Crippen LogP contribution < -0.4 is 5.32 Å². The summed E-state index contributed by atoms with van der Waals surface area (Å²) in [5.74, 6) is 0.632. The summed E-state index contributed by atoms with van der Waals surface area (Å²) in [6.45, 7) is 5.46. The molecule has 7 heteroatoms. The zero-order chi connectivity index (χ0) is 20.6. The lowest BCUT2D eigenvalue weighted by Crippen LogP contribution is -2.34. The van der Waals surface area contributed by atoms with E-state index in [0.717, 1.165) is 10.9 Å². The van der Waals surface area contributed by atoms with Crippen LogP contribution in [0.25, 0.3) is 10.9 Å². The topological polar surface area (TPSA) is 73.2 Å². The molecule has 0 bridgehead atoms. The maximum absolute atomic E-state index is 13.3. The van der Waals surface area contributed by atoms with E-state index in [-0.39, 0.29) is 17.2 Å². The molecule has 0 spiro atoms. The van der Waals surface area contributed by atoms with Gasteiger partial charge < -0.3 is 4.74 Å². The van der Waals surface area contributed by atoms with Crippen molar-refractivity contribution in [2.24, 2.45) is 0 Å². The van der Waals surface area contributed by atoms with E-state index in [1.165, 1.54) is 4.57 Å². The maximum atomic E-state index is 13.3. The van der Waals surface area contributed by atoms with Crippen molar-refractivity contribution < 1.29 is 14.3 Å². The molecule has 0 saturated carbocycles. The minimum absolute atomic E-state index is 0.0249. The van der Waals surface area contributed by atoms with Crippen molar-refractivity contribution in [2.45, 2.75) is 37.8 Å². The van der Waals surface area contributed by atoms with Gasteiger partial charge in [-0.05, 0) is 38.5 Å². The maximum Gasteiger partial charge on any atom is 0.419 e. The Hall–Kier alpha value is -2.64. The first-order chi connectivity index (χ1) is 13.8. The molecule has 1 N–H and O–H groups in total. The molecule has 0 aliphatic carbocycles. The van der Waals surface area contributed by atoms with Crippen LogP contribution >= 0.6 is 11.8 Å². The molecule has 1 fully saturated rings. The van der Waals surface area contributed by atoms with Gasteiger partial charge in [-0.3, -0.25) is 19.7 Å². The number of nitrogens with one attached hydrogen (secondary N) is 1. The summed E-state index contributed by atoms with van der Waals surface area (Å²) in [5.41, 5.74) is 1.62. The number of aromatic nitrogens is 2. The fourth-order valence-corrected chi connectivity index (χ4v) is 4.60. The monoisotopic (exact) mass is 409 g/mol. The van der Waals surface area contributed by atoms with E-state index >= 15 is 0 Å². The van der Waals surface area contributed by atoms with E-state index in [4.69, 9.17) is 4.74 Å². The Morgan fingerprint density at radius 3 is 2.72 bits per heavy atom. The fraction of sp³-hybridized carbons (Fsp3) is 0.318. The molecule has 6 nitrogen and oxygen atoms in total. The van der Waals surface area contributed by atoms with Gasteiger partial charge in [-0.2, -0.15) is 0 Å². The number of ketones is 1. The third-order valence-corrected chi connectivity index (χ3v) is 5.92. The summed E-state index contributed by atoms with van der Waals surface area (Å²) in [7, 11) is 0. The van der Waals surface area contributed by atoms with E-state index in [1.807, 2.05) is 63.4 Å². The van der Waals surface area contributed by atoms with Gasteiger partial charge in [0.1, 0.15) is 5.60 Å². The van der Waals surface area contributed by atoms with Gasteiger partial charge in [-0.15, -0.1) is 11.8 Å². The number of pyridine rings is 1. The van der Waals surface area contributed by atoms with Crippen molar-refractivity contribution in [3.63, 3.8) is 0 Å². The number of Topliss-reactive ketones (excluding diaryl/α,β-unsaturated/α-hetero) is 1. The second-order valence-corrected chi connectivity index (χ2v) is 9.13. The molecule has 1 unspecified atom stereocenters.